The van der Waals surface area contributed by atoms with Gasteiger partial charge in [-0.25, -0.2) is 4.98 Å². The highest BCUT2D eigenvalue weighted by Crippen LogP contribution is 2.24. The van der Waals surface area contributed by atoms with Gasteiger partial charge in [-0.3, -0.25) is 0 Å². The normalized spacial score (nSPS) is 11.0. The smallest absolute Gasteiger partial charge is 0.198 e. The topological polar surface area (TPSA) is 61.9 Å². The Bertz CT molecular complexity index is 810. The summed E-state index contributed by atoms with van der Waals surface area (Å²) < 4.78 is 5.69. The Balaban J connectivity index is 1.76. The van der Waals surface area contributed by atoms with Crippen molar-refractivity contribution in [3.05, 3.63) is 46.0 Å². The molecule has 1 N–H and O–H groups in total. The maximum atomic E-state index is 8.82. The van der Waals surface area contributed by atoms with E-state index >= 15 is 0 Å². The first kappa shape index (κ1) is 13.7. The Morgan fingerprint density at radius 3 is 2.90 bits per heavy atom. The summed E-state index contributed by atoms with van der Waals surface area (Å²) in [6.45, 7) is 4.83. The zero-order valence-electron chi connectivity index (χ0n) is 11.9. The Morgan fingerprint density at radius 2 is 2.19 bits per heavy atom. The molecule has 3 aromatic rings. The van der Waals surface area contributed by atoms with Crippen molar-refractivity contribution in [1.29, 1.82) is 5.26 Å². The minimum absolute atomic E-state index is 0.282. The second-order valence-electron chi connectivity index (χ2n) is 5.12. The highest BCUT2D eigenvalue weighted by Gasteiger charge is 2.09. The highest BCUT2D eigenvalue weighted by molar-refractivity contribution is 7.12. The second-order valence-corrected chi connectivity index (χ2v) is 6.29. The van der Waals surface area contributed by atoms with E-state index in [0.717, 1.165) is 32.4 Å². The fourth-order valence-corrected chi connectivity index (χ4v) is 2.77. The first-order chi connectivity index (χ1) is 10.2. The van der Waals surface area contributed by atoms with Crippen molar-refractivity contribution in [1.82, 2.24) is 4.98 Å². The first-order valence-electron chi connectivity index (χ1n) is 6.79. The number of nitrogens with one attached hydrogen (secondary N) is 1. The molecular weight excluding hydrogens is 282 g/mol. The number of anilines is 1. The molecule has 0 fully saturated rings. The molecular formula is C16H15N3OS. The first-order valence-corrected chi connectivity index (χ1v) is 7.60. The largest absolute Gasteiger partial charge is 0.440 e. The molecule has 106 valence electrons. The number of nitrogens with zero attached hydrogens (tertiary/aromatic N) is 2. The van der Waals surface area contributed by atoms with Gasteiger partial charge in [-0.2, -0.15) is 5.26 Å². The van der Waals surface area contributed by atoms with Crippen LogP contribution in [-0.4, -0.2) is 4.98 Å². The van der Waals surface area contributed by atoms with E-state index < -0.39 is 0 Å². The van der Waals surface area contributed by atoms with E-state index in [1.54, 1.807) is 0 Å². The van der Waals surface area contributed by atoms with Gasteiger partial charge in [0.25, 0.3) is 0 Å². The average Bonchev–Trinajstić information content (AvgIpc) is 3.11. The number of oxazole rings is 1. The monoisotopic (exact) mass is 297 g/mol. The maximum Gasteiger partial charge on any atom is 0.198 e. The van der Waals surface area contributed by atoms with Crippen LogP contribution in [0.3, 0.4) is 0 Å². The fraction of sp³-hybridized carbons (Fsp3) is 0.250. The van der Waals surface area contributed by atoms with Gasteiger partial charge in [0.05, 0.1) is 0 Å². The van der Waals surface area contributed by atoms with E-state index in [4.69, 9.17) is 9.68 Å². The highest BCUT2D eigenvalue weighted by atomic mass is 32.1. The molecule has 0 bridgehead atoms. The number of hydrogen-bond donors (Lipinski definition) is 1. The van der Waals surface area contributed by atoms with E-state index in [2.05, 4.69) is 30.2 Å². The van der Waals surface area contributed by atoms with Crippen molar-refractivity contribution in [3.63, 3.8) is 0 Å². The van der Waals surface area contributed by atoms with Crippen LogP contribution in [-0.2, 0) is 6.54 Å². The number of fused-ring (bicyclic) bond motifs is 1. The molecule has 2 heterocycles. The van der Waals surface area contributed by atoms with Gasteiger partial charge in [0, 0.05) is 23.0 Å². The molecule has 0 amide bonds. The van der Waals surface area contributed by atoms with Crippen molar-refractivity contribution >= 4 is 28.1 Å². The minimum Gasteiger partial charge on any atom is -0.440 e. The third kappa shape index (κ3) is 2.91. The van der Waals surface area contributed by atoms with Crippen molar-refractivity contribution in [2.45, 2.75) is 26.3 Å². The molecule has 0 radical (unpaired) electrons. The lowest BCUT2D eigenvalue weighted by molar-refractivity contribution is 0.501. The number of nitriles is 1. The number of benzene rings is 1. The summed E-state index contributed by atoms with van der Waals surface area (Å²) in [5.74, 6) is 1.04. The molecule has 21 heavy (non-hydrogen) atoms. The van der Waals surface area contributed by atoms with Gasteiger partial charge in [0.2, 0.25) is 0 Å². The van der Waals surface area contributed by atoms with Crippen LogP contribution in [0, 0.1) is 11.3 Å². The number of thiophene rings is 1. The van der Waals surface area contributed by atoms with Crippen LogP contribution in [0.1, 0.15) is 35.4 Å². The molecule has 0 aliphatic carbocycles. The Kier molecular flexibility index (Phi) is 3.63. The summed E-state index contributed by atoms with van der Waals surface area (Å²) in [7, 11) is 0. The molecule has 1 aromatic carbocycles. The van der Waals surface area contributed by atoms with Gasteiger partial charge in [-0.1, -0.05) is 13.8 Å². The van der Waals surface area contributed by atoms with Crippen LogP contribution in [0.4, 0.5) is 5.69 Å². The summed E-state index contributed by atoms with van der Waals surface area (Å²) in [5.41, 5.74) is 2.68. The van der Waals surface area contributed by atoms with Gasteiger partial charge < -0.3 is 9.73 Å². The second kappa shape index (κ2) is 5.58. The number of aromatic nitrogens is 1. The van der Waals surface area contributed by atoms with Crippen molar-refractivity contribution < 1.29 is 4.42 Å². The molecule has 2 aromatic heterocycles. The third-order valence-corrected chi connectivity index (χ3v) is 4.13. The molecule has 0 saturated heterocycles. The third-order valence-electron chi connectivity index (χ3n) is 3.14. The van der Waals surface area contributed by atoms with Crippen LogP contribution >= 0.6 is 11.3 Å². The Labute approximate surface area is 127 Å². The predicted molar refractivity (Wildman–Crippen MR) is 84.5 cm³/mol. The van der Waals surface area contributed by atoms with Crippen LogP contribution in [0.25, 0.3) is 11.1 Å². The van der Waals surface area contributed by atoms with E-state index in [1.165, 1.54) is 11.3 Å². The van der Waals surface area contributed by atoms with Gasteiger partial charge in [-0.05, 0) is 30.3 Å². The zero-order valence-corrected chi connectivity index (χ0v) is 12.7. The molecule has 0 aliphatic heterocycles. The van der Waals surface area contributed by atoms with Gasteiger partial charge in [0.1, 0.15) is 16.5 Å². The average molecular weight is 297 g/mol. The molecule has 0 atom stereocenters. The van der Waals surface area contributed by atoms with Crippen LogP contribution in [0.2, 0.25) is 0 Å². The summed E-state index contributed by atoms with van der Waals surface area (Å²) in [5, 5.41) is 12.2. The van der Waals surface area contributed by atoms with Crippen molar-refractivity contribution in [3.8, 4) is 6.07 Å². The standard InChI is InChI=1S/C16H15N3OS/c1-10(2)16-19-14-7-11(3-6-15(14)20-16)18-9-13-5-4-12(8-17)21-13/h3-7,10,18H,9H2,1-2H3. The lowest BCUT2D eigenvalue weighted by Gasteiger charge is -2.03. The van der Waals surface area contributed by atoms with Gasteiger partial charge >= 0.3 is 0 Å². The minimum atomic E-state index is 0.282. The molecule has 3 rings (SSSR count). The molecule has 4 nitrogen and oxygen atoms in total. The molecule has 5 heteroatoms. The quantitative estimate of drug-likeness (QED) is 0.770. The Hall–Kier alpha value is -2.32. The van der Waals surface area contributed by atoms with Gasteiger partial charge in [-0.15, -0.1) is 11.3 Å². The van der Waals surface area contributed by atoms with Crippen LogP contribution in [0.5, 0.6) is 0 Å². The fourth-order valence-electron chi connectivity index (χ4n) is 2.02. The summed E-state index contributed by atoms with van der Waals surface area (Å²) in [4.78, 5) is 6.37. The van der Waals surface area contributed by atoms with Gasteiger partial charge in [0.15, 0.2) is 11.5 Å². The van der Waals surface area contributed by atoms with Crippen molar-refractivity contribution in [2.75, 3.05) is 5.32 Å². The number of hydrogen-bond acceptors (Lipinski definition) is 5. The zero-order chi connectivity index (χ0) is 14.8. The maximum absolute atomic E-state index is 8.82. The number of rotatable bonds is 4. The predicted octanol–water partition coefficient (Wildman–Crippen LogP) is 4.50. The van der Waals surface area contributed by atoms with Crippen LogP contribution in [0.15, 0.2) is 34.7 Å². The van der Waals surface area contributed by atoms with Crippen molar-refractivity contribution in [2.24, 2.45) is 0 Å². The SMILES string of the molecule is CC(C)c1nc2cc(NCc3ccc(C#N)s3)ccc2o1. The van der Waals surface area contributed by atoms with E-state index in [9.17, 15) is 0 Å². The molecule has 0 spiro atoms. The van der Waals surface area contributed by atoms with E-state index in [-0.39, 0.29) is 5.92 Å². The summed E-state index contributed by atoms with van der Waals surface area (Å²) >= 11 is 1.51. The molecule has 0 unspecified atom stereocenters. The molecule has 0 saturated carbocycles. The van der Waals surface area contributed by atoms with Crippen LogP contribution < -0.4 is 5.32 Å². The Morgan fingerprint density at radius 1 is 1.33 bits per heavy atom. The summed E-state index contributed by atoms with van der Waals surface area (Å²) in [6.07, 6.45) is 0. The summed E-state index contributed by atoms with van der Waals surface area (Å²) in [6, 6.07) is 11.9. The van der Waals surface area contributed by atoms with E-state index in [1.807, 2.05) is 30.3 Å². The lowest BCUT2D eigenvalue weighted by atomic mass is 10.2. The lowest BCUT2D eigenvalue weighted by Crippen LogP contribution is -1.96. The van der Waals surface area contributed by atoms with E-state index in [0.29, 0.717) is 6.54 Å². The molecule has 0 aliphatic rings.